The van der Waals surface area contributed by atoms with Crippen LogP contribution >= 0.6 is 0 Å². The third-order valence-electron chi connectivity index (χ3n) is 4.21. The van der Waals surface area contributed by atoms with Crippen molar-refractivity contribution in [2.24, 2.45) is 0 Å². The fourth-order valence-corrected chi connectivity index (χ4v) is 2.89. The number of benzene rings is 2. The molecule has 0 saturated carbocycles. The largest absolute Gasteiger partial charge is 0.493 e. The van der Waals surface area contributed by atoms with E-state index in [2.05, 4.69) is 22.3 Å². The topological polar surface area (TPSA) is 41.6 Å². The highest BCUT2D eigenvalue weighted by Gasteiger charge is 2.19. The smallest absolute Gasteiger partial charge is 0.251 e. The summed E-state index contributed by atoms with van der Waals surface area (Å²) in [5, 5.41) is 3.03. The molecule has 1 unspecified atom stereocenters. The van der Waals surface area contributed by atoms with Crippen molar-refractivity contribution in [1.29, 1.82) is 0 Å². The van der Waals surface area contributed by atoms with E-state index in [0.29, 0.717) is 12.1 Å². The van der Waals surface area contributed by atoms with Crippen LogP contribution in [0.15, 0.2) is 48.5 Å². The number of nitrogens with one attached hydrogen (secondary N) is 1. The van der Waals surface area contributed by atoms with Crippen molar-refractivity contribution in [3.8, 4) is 5.75 Å². The molecule has 1 N–H and O–H groups in total. The lowest BCUT2D eigenvalue weighted by atomic mass is 10.0. The first-order valence-corrected chi connectivity index (χ1v) is 7.90. The summed E-state index contributed by atoms with van der Waals surface area (Å²) in [5.41, 5.74) is 3.14. The molecule has 2 aromatic rings. The van der Waals surface area contributed by atoms with Gasteiger partial charge in [-0.15, -0.1) is 0 Å². The number of carbonyl (C=O) groups is 1. The summed E-state index contributed by atoms with van der Waals surface area (Å²) in [6.07, 6.45) is 0.958. The van der Waals surface area contributed by atoms with Crippen LogP contribution in [0.25, 0.3) is 0 Å². The molecule has 1 atom stereocenters. The van der Waals surface area contributed by atoms with Crippen LogP contribution in [-0.2, 0) is 6.42 Å². The molecular formula is C19H22N2O2. The summed E-state index contributed by atoms with van der Waals surface area (Å²) in [4.78, 5) is 14.4. The molecular weight excluding hydrogens is 288 g/mol. The van der Waals surface area contributed by atoms with E-state index >= 15 is 0 Å². The summed E-state index contributed by atoms with van der Waals surface area (Å²) in [6.45, 7) is 1.33. The van der Waals surface area contributed by atoms with Gasteiger partial charge in [-0.2, -0.15) is 0 Å². The van der Waals surface area contributed by atoms with Crippen molar-refractivity contribution in [1.82, 2.24) is 10.2 Å². The number of hydrogen-bond acceptors (Lipinski definition) is 3. The molecule has 0 bridgehead atoms. The van der Waals surface area contributed by atoms with Crippen LogP contribution in [-0.4, -0.2) is 38.1 Å². The molecule has 0 fully saturated rings. The summed E-state index contributed by atoms with van der Waals surface area (Å²) >= 11 is 0. The van der Waals surface area contributed by atoms with Crippen LogP contribution in [0.1, 0.15) is 27.5 Å². The van der Waals surface area contributed by atoms with E-state index in [4.69, 9.17) is 4.74 Å². The van der Waals surface area contributed by atoms with Crippen molar-refractivity contribution in [2.75, 3.05) is 27.2 Å². The molecule has 0 radical (unpaired) electrons. The van der Waals surface area contributed by atoms with E-state index in [-0.39, 0.29) is 11.9 Å². The minimum atomic E-state index is -0.0399. The number of amides is 1. The molecule has 3 rings (SSSR count). The van der Waals surface area contributed by atoms with Gasteiger partial charge in [-0.3, -0.25) is 4.79 Å². The molecule has 23 heavy (non-hydrogen) atoms. The maximum absolute atomic E-state index is 12.2. The van der Waals surface area contributed by atoms with E-state index in [1.807, 2.05) is 50.5 Å². The van der Waals surface area contributed by atoms with Gasteiger partial charge in [0.2, 0.25) is 0 Å². The summed E-state index contributed by atoms with van der Waals surface area (Å²) in [5.74, 6) is 0.946. The lowest BCUT2D eigenvalue weighted by molar-refractivity contribution is 0.0942. The number of carbonyl (C=O) groups excluding carboxylic acids is 1. The monoisotopic (exact) mass is 310 g/mol. The summed E-state index contributed by atoms with van der Waals surface area (Å²) in [6, 6.07) is 15.8. The van der Waals surface area contributed by atoms with Gasteiger partial charge in [0, 0.05) is 18.5 Å². The Morgan fingerprint density at radius 2 is 2.00 bits per heavy atom. The van der Waals surface area contributed by atoms with E-state index in [9.17, 15) is 4.79 Å². The molecule has 0 spiro atoms. The fourth-order valence-electron chi connectivity index (χ4n) is 2.89. The lowest BCUT2D eigenvalue weighted by Crippen LogP contribution is -2.34. The van der Waals surface area contributed by atoms with Crippen molar-refractivity contribution in [3.05, 3.63) is 65.2 Å². The predicted molar refractivity (Wildman–Crippen MR) is 90.8 cm³/mol. The van der Waals surface area contributed by atoms with Crippen LogP contribution < -0.4 is 10.1 Å². The highest BCUT2D eigenvalue weighted by atomic mass is 16.5. The standard InChI is InChI=1S/C19H22N2O2/c1-21(2)17(13-20-19(22)14-6-4-3-5-7-14)15-8-9-18-16(12-15)10-11-23-18/h3-9,12,17H,10-11,13H2,1-2H3,(H,20,22). The van der Waals surface area contributed by atoms with Gasteiger partial charge in [0.15, 0.2) is 0 Å². The van der Waals surface area contributed by atoms with E-state index in [1.54, 1.807) is 0 Å². The fraction of sp³-hybridized carbons (Fsp3) is 0.316. The van der Waals surface area contributed by atoms with Gasteiger partial charge in [-0.1, -0.05) is 30.3 Å². The van der Waals surface area contributed by atoms with Crippen LogP contribution in [0, 0.1) is 0 Å². The quantitative estimate of drug-likeness (QED) is 0.923. The SMILES string of the molecule is CN(C)C(CNC(=O)c1ccccc1)c1ccc2c(c1)CCO2. The molecule has 0 saturated heterocycles. The second-order valence-corrected chi connectivity index (χ2v) is 6.02. The van der Waals surface area contributed by atoms with Crippen LogP contribution in [0.4, 0.5) is 0 Å². The molecule has 2 aromatic carbocycles. The first-order chi connectivity index (χ1) is 11.1. The maximum atomic E-state index is 12.2. The van der Waals surface area contributed by atoms with Gasteiger partial charge in [-0.25, -0.2) is 0 Å². The Bertz CT molecular complexity index is 683. The Morgan fingerprint density at radius 3 is 2.74 bits per heavy atom. The Morgan fingerprint density at radius 1 is 1.22 bits per heavy atom. The molecule has 0 aromatic heterocycles. The number of ether oxygens (including phenoxy) is 1. The van der Waals surface area contributed by atoms with Crippen molar-refractivity contribution < 1.29 is 9.53 Å². The van der Waals surface area contributed by atoms with Crippen LogP contribution in [0.5, 0.6) is 5.75 Å². The van der Waals surface area contributed by atoms with Crippen LogP contribution in [0.3, 0.4) is 0 Å². The Hall–Kier alpha value is -2.33. The third-order valence-corrected chi connectivity index (χ3v) is 4.21. The highest BCUT2D eigenvalue weighted by molar-refractivity contribution is 5.94. The van der Waals surface area contributed by atoms with E-state index in [0.717, 1.165) is 18.8 Å². The molecule has 4 nitrogen and oxygen atoms in total. The number of likely N-dealkylation sites (N-methyl/N-ethyl adjacent to an activating group) is 1. The van der Waals surface area contributed by atoms with E-state index in [1.165, 1.54) is 11.1 Å². The Kier molecular flexibility index (Phi) is 4.63. The second kappa shape index (κ2) is 6.84. The third kappa shape index (κ3) is 3.54. The van der Waals surface area contributed by atoms with Crippen molar-refractivity contribution in [2.45, 2.75) is 12.5 Å². The van der Waals surface area contributed by atoms with Gasteiger partial charge in [0.1, 0.15) is 5.75 Å². The first-order valence-electron chi connectivity index (χ1n) is 7.90. The zero-order chi connectivity index (χ0) is 16.2. The number of fused-ring (bicyclic) bond motifs is 1. The van der Waals surface area contributed by atoms with Crippen molar-refractivity contribution in [3.63, 3.8) is 0 Å². The second-order valence-electron chi connectivity index (χ2n) is 6.02. The minimum absolute atomic E-state index is 0.0399. The summed E-state index contributed by atoms with van der Waals surface area (Å²) < 4.78 is 5.57. The van der Waals surface area contributed by atoms with Gasteiger partial charge in [-0.05, 0) is 43.4 Å². The average Bonchev–Trinajstić information content (AvgIpc) is 3.03. The van der Waals surface area contributed by atoms with Gasteiger partial charge in [0.05, 0.1) is 12.6 Å². The molecule has 1 heterocycles. The predicted octanol–water partition coefficient (Wildman–Crippen LogP) is 2.65. The molecule has 120 valence electrons. The van der Waals surface area contributed by atoms with Crippen LogP contribution in [0.2, 0.25) is 0 Å². The summed E-state index contributed by atoms with van der Waals surface area (Å²) in [7, 11) is 4.06. The Labute approximate surface area is 137 Å². The highest BCUT2D eigenvalue weighted by Crippen LogP contribution is 2.29. The van der Waals surface area contributed by atoms with Gasteiger partial charge >= 0.3 is 0 Å². The number of rotatable bonds is 5. The Balaban J connectivity index is 1.71. The number of nitrogens with zero attached hydrogens (tertiary/aromatic N) is 1. The van der Waals surface area contributed by atoms with Gasteiger partial charge < -0.3 is 15.0 Å². The minimum Gasteiger partial charge on any atom is -0.493 e. The molecule has 1 aliphatic heterocycles. The zero-order valence-corrected chi connectivity index (χ0v) is 13.6. The first kappa shape index (κ1) is 15.6. The van der Waals surface area contributed by atoms with Crippen molar-refractivity contribution >= 4 is 5.91 Å². The lowest BCUT2D eigenvalue weighted by Gasteiger charge is -2.25. The normalized spacial score (nSPS) is 14.2. The zero-order valence-electron chi connectivity index (χ0n) is 13.6. The maximum Gasteiger partial charge on any atom is 0.251 e. The molecule has 1 amide bonds. The molecule has 4 heteroatoms. The average molecular weight is 310 g/mol. The molecule has 0 aliphatic carbocycles. The number of hydrogen-bond donors (Lipinski definition) is 1. The molecule has 1 aliphatic rings. The van der Waals surface area contributed by atoms with E-state index < -0.39 is 0 Å². The van der Waals surface area contributed by atoms with Gasteiger partial charge in [0.25, 0.3) is 5.91 Å².